The lowest BCUT2D eigenvalue weighted by Gasteiger charge is -2.23. The van der Waals surface area contributed by atoms with Gasteiger partial charge in [0.1, 0.15) is 13.2 Å². The van der Waals surface area contributed by atoms with Gasteiger partial charge in [-0.15, -0.1) is 0 Å². The van der Waals surface area contributed by atoms with E-state index < -0.39 is 15.9 Å². The van der Waals surface area contributed by atoms with Crippen LogP contribution in [-0.2, 0) is 21.4 Å². The minimum absolute atomic E-state index is 0.0429. The highest BCUT2D eigenvalue weighted by Crippen LogP contribution is 2.32. The van der Waals surface area contributed by atoms with Crippen LogP contribution in [-0.4, -0.2) is 38.4 Å². The number of benzene rings is 3. The van der Waals surface area contributed by atoms with Gasteiger partial charge in [0, 0.05) is 23.3 Å². The normalized spacial score (nSPS) is 13.1. The van der Waals surface area contributed by atoms with Crippen molar-refractivity contribution in [1.29, 1.82) is 0 Å². The summed E-state index contributed by atoms with van der Waals surface area (Å²) in [6, 6.07) is 18.4. The Morgan fingerprint density at radius 2 is 1.73 bits per heavy atom. The Bertz CT molecular complexity index is 1260. The number of rotatable bonds is 7. The first kappa shape index (κ1) is 23.1. The summed E-state index contributed by atoms with van der Waals surface area (Å²) in [6.07, 6.45) is 0. The van der Waals surface area contributed by atoms with Crippen molar-refractivity contribution in [1.82, 2.24) is 4.31 Å². The number of carbonyl (C=O) groups excluding carboxylic acids is 1. The molecule has 1 aliphatic heterocycles. The standard InChI is InChI=1S/C24H23ClN2O5S/c1-17-3-2-4-18(13-17)15-27(33(29,30)21-8-5-19(25)6-9-21)16-24(28)26-20-7-10-22-23(14-20)32-12-11-31-22/h2-10,13-14H,11-12,15-16H2,1H3,(H,26,28). The van der Waals surface area contributed by atoms with Crippen molar-refractivity contribution < 1.29 is 22.7 Å². The molecule has 0 unspecified atom stereocenters. The van der Waals surface area contributed by atoms with Gasteiger partial charge in [0.2, 0.25) is 15.9 Å². The quantitative estimate of drug-likeness (QED) is 0.539. The highest BCUT2D eigenvalue weighted by molar-refractivity contribution is 7.89. The van der Waals surface area contributed by atoms with Crippen LogP contribution in [0.3, 0.4) is 0 Å². The monoisotopic (exact) mass is 486 g/mol. The predicted octanol–water partition coefficient (Wildman–Crippen LogP) is 4.25. The van der Waals surface area contributed by atoms with E-state index in [9.17, 15) is 13.2 Å². The Morgan fingerprint density at radius 3 is 2.45 bits per heavy atom. The Balaban J connectivity index is 1.57. The Kier molecular flexibility index (Phi) is 6.88. The number of ether oxygens (including phenoxy) is 2. The average molecular weight is 487 g/mol. The number of anilines is 1. The molecule has 0 aliphatic carbocycles. The van der Waals surface area contributed by atoms with E-state index in [-0.39, 0.29) is 18.0 Å². The summed E-state index contributed by atoms with van der Waals surface area (Å²) in [7, 11) is -3.96. The van der Waals surface area contributed by atoms with E-state index >= 15 is 0 Å². The summed E-state index contributed by atoms with van der Waals surface area (Å²) in [5.74, 6) is 0.659. The molecule has 172 valence electrons. The van der Waals surface area contributed by atoms with Crippen molar-refractivity contribution in [3.05, 3.63) is 82.9 Å². The van der Waals surface area contributed by atoms with E-state index in [1.807, 2.05) is 31.2 Å². The molecule has 0 saturated heterocycles. The summed E-state index contributed by atoms with van der Waals surface area (Å²) in [5.41, 5.74) is 2.26. The van der Waals surface area contributed by atoms with E-state index in [0.29, 0.717) is 35.4 Å². The summed E-state index contributed by atoms with van der Waals surface area (Å²) >= 11 is 5.92. The predicted molar refractivity (Wildman–Crippen MR) is 126 cm³/mol. The number of nitrogens with one attached hydrogen (secondary N) is 1. The van der Waals surface area contributed by atoms with Crippen LogP contribution in [0.25, 0.3) is 0 Å². The fraction of sp³-hybridized carbons (Fsp3) is 0.208. The van der Waals surface area contributed by atoms with Gasteiger partial charge >= 0.3 is 0 Å². The van der Waals surface area contributed by atoms with Crippen molar-refractivity contribution in [2.75, 3.05) is 25.1 Å². The maximum atomic E-state index is 13.4. The second kappa shape index (κ2) is 9.82. The molecule has 9 heteroatoms. The maximum Gasteiger partial charge on any atom is 0.243 e. The number of carbonyl (C=O) groups is 1. The van der Waals surface area contributed by atoms with Gasteiger partial charge < -0.3 is 14.8 Å². The molecule has 0 fully saturated rings. The van der Waals surface area contributed by atoms with Gasteiger partial charge in [-0.1, -0.05) is 41.4 Å². The number of sulfonamides is 1. The molecule has 1 amide bonds. The number of nitrogens with zero attached hydrogens (tertiary/aromatic N) is 1. The highest BCUT2D eigenvalue weighted by atomic mass is 35.5. The van der Waals surface area contributed by atoms with Gasteiger partial charge in [0.25, 0.3) is 0 Å². The molecule has 3 aromatic rings. The second-order valence-electron chi connectivity index (χ2n) is 7.62. The first-order valence-corrected chi connectivity index (χ1v) is 12.1. The van der Waals surface area contributed by atoms with E-state index in [1.54, 1.807) is 18.2 Å². The average Bonchev–Trinajstić information content (AvgIpc) is 2.79. The molecule has 3 aromatic carbocycles. The molecule has 0 radical (unpaired) electrons. The Morgan fingerprint density at radius 1 is 1.00 bits per heavy atom. The highest BCUT2D eigenvalue weighted by Gasteiger charge is 2.27. The summed E-state index contributed by atoms with van der Waals surface area (Å²) in [4.78, 5) is 12.9. The first-order chi connectivity index (χ1) is 15.8. The van der Waals surface area contributed by atoms with Crippen LogP contribution < -0.4 is 14.8 Å². The molecule has 0 saturated carbocycles. The number of hydrogen-bond donors (Lipinski definition) is 1. The summed E-state index contributed by atoms with van der Waals surface area (Å²) < 4.78 is 38.9. The molecule has 1 N–H and O–H groups in total. The lowest BCUT2D eigenvalue weighted by molar-refractivity contribution is -0.116. The van der Waals surface area contributed by atoms with Gasteiger partial charge in [-0.05, 0) is 48.9 Å². The topological polar surface area (TPSA) is 84.9 Å². The zero-order valence-corrected chi connectivity index (χ0v) is 19.5. The van der Waals surface area contributed by atoms with Crippen molar-refractivity contribution in [2.24, 2.45) is 0 Å². The van der Waals surface area contributed by atoms with Gasteiger partial charge in [0.05, 0.1) is 11.4 Å². The van der Waals surface area contributed by atoms with Gasteiger partial charge in [-0.2, -0.15) is 4.31 Å². The van der Waals surface area contributed by atoms with Crippen molar-refractivity contribution in [3.63, 3.8) is 0 Å². The van der Waals surface area contributed by atoms with E-state index in [2.05, 4.69) is 5.32 Å². The first-order valence-electron chi connectivity index (χ1n) is 10.3. The van der Waals surface area contributed by atoms with Crippen LogP contribution in [0.2, 0.25) is 5.02 Å². The van der Waals surface area contributed by atoms with Crippen LogP contribution in [0.5, 0.6) is 11.5 Å². The number of aryl methyl sites for hydroxylation is 1. The minimum Gasteiger partial charge on any atom is -0.486 e. The van der Waals surface area contributed by atoms with Crippen molar-refractivity contribution in [3.8, 4) is 11.5 Å². The smallest absolute Gasteiger partial charge is 0.243 e. The largest absolute Gasteiger partial charge is 0.486 e. The number of halogens is 1. The minimum atomic E-state index is -3.96. The fourth-order valence-electron chi connectivity index (χ4n) is 3.48. The third kappa shape index (κ3) is 5.65. The lowest BCUT2D eigenvalue weighted by atomic mass is 10.1. The molecule has 0 aromatic heterocycles. The fourth-order valence-corrected chi connectivity index (χ4v) is 4.99. The molecule has 33 heavy (non-hydrogen) atoms. The van der Waals surface area contributed by atoms with Crippen LogP contribution in [0.1, 0.15) is 11.1 Å². The van der Waals surface area contributed by atoms with Gasteiger partial charge in [-0.25, -0.2) is 8.42 Å². The molecule has 0 bridgehead atoms. The van der Waals surface area contributed by atoms with Crippen molar-refractivity contribution in [2.45, 2.75) is 18.4 Å². The van der Waals surface area contributed by atoms with Gasteiger partial charge in [0.15, 0.2) is 11.5 Å². The molecule has 7 nitrogen and oxygen atoms in total. The molecule has 4 rings (SSSR count). The van der Waals surface area contributed by atoms with E-state index in [1.165, 1.54) is 24.3 Å². The molecule has 1 aliphatic rings. The number of fused-ring (bicyclic) bond motifs is 1. The zero-order valence-electron chi connectivity index (χ0n) is 18.0. The van der Waals surface area contributed by atoms with Crippen LogP contribution in [0.4, 0.5) is 5.69 Å². The Labute approximate surface area is 197 Å². The number of hydrogen-bond acceptors (Lipinski definition) is 5. The molecule has 0 spiro atoms. The zero-order chi connectivity index (χ0) is 23.4. The maximum absolute atomic E-state index is 13.4. The molecular weight excluding hydrogens is 464 g/mol. The second-order valence-corrected chi connectivity index (χ2v) is 10.00. The van der Waals surface area contributed by atoms with Crippen LogP contribution in [0.15, 0.2) is 71.6 Å². The number of amides is 1. The van der Waals surface area contributed by atoms with Gasteiger partial charge in [-0.3, -0.25) is 4.79 Å². The molecule has 0 atom stereocenters. The van der Waals surface area contributed by atoms with E-state index in [0.717, 1.165) is 15.4 Å². The summed E-state index contributed by atoms with van der Waals surface area (Å²) in [5, 5.41) is 3.18. The lowest BCUT2D eigenvalue weighted by Crippen LogP contribution is -2.37. The van der Waals surface area contributed by atoms with E-state index in [4.69, 9.17) is 21.1 Å². The molecule has 1 heterocycles. The third-order valence-electron chi connectivity index (χ3n) is 5.04. The molecular formula is C24H23ClN2O5S. The Hall–Kier alpha value is -3.07. The van der Waals surface area contributed by atoms with Crippen molar-refractivity contribution >= 4 is 33.2 Å². The SMILES string of the molecule is Cc1cccc(CN(CC(=O)Nc2ccc3c(c2)OCCO3)S(=O)(=O)c2ccc(Cl)cc2)c1. The van der Waals surface area contributed by atoms with Crippen LogP contribution >= 0.6 is 11.6 Å². The third-order valence-corrected chi connectivity index (χ3v) is 7.10. The summed E-state index contributed by atoms with van der Waals surface area (Å²) in [6.45, 7) is 2.49. The van der Waals surface area contributed by atoms with Crippen LogP contribution in [0, 0.1) is 6.92 Å².